The highest BCUT2D eigenvalue weighted by molar-refractivity contribution is 5.93. The second kappa shape index (κ2) is 7.38. The van der Waals surface area contributed by atoms with Crippen molar-refractivity contribution in [2.24, 2.45) is 5.73 Å². The summed E-state index contributed by atoms with van der Waals surface area (Å²) < 4.78 is 12.2. The summed E-state index contributed by atoms with van der Waals surface area (Å²) in [6.45, 7) is 0.872. The van der Waals surface area contributed by atoms with Crippen LogP contribution in [0, 0.1) is 0 Å². The third kappa shape index (κ3) is 3.88. The van der Waals surface area contributed by atoms with Crippen molar-refractivity contribution in [3.63, 3.8) is 0 Å². The highest BCUT2D eigenvalue weighted by atomic mass is 16.7. The maximum Gasteiger partial charge on any atom is 0.251 e. The highest BCUT2D eigenvalue weighted by Crippen LogP contribution is 2.46. The van der Waals surface area contributed by atoms with Gasteiger partial charge in [0.15, 0.2) is 11.5 Å². The van der Waals surface area contributed by atoms with Crippen LogP contribution in [0.1, 0.15) is 51.4 Å². The normalized spacial score (nSPS) is 23.9. The third-order valence-corrected chi connectivity index (χ3v) is 5.72. The van der Waals surface area contributed by atoms with Crippen molar-refractivity contribution >= 4 is 17.5 Å². The summed E-state index contributed by atoms with van der Waals surface area (Å²) in [6, 6.07) is 5.14. The number of ether oxygens (including phenoxy) is 2. The van der Waals surface area contributed by atoms with Crippen molar-refractivity contribution in [2.45, 2.75) is 63.2 Å². The van der Waals surface area contributed by atoms with Crippen LogP contribution in [0.15, 0.2) is 18.2 Å². The van der Waals surface area contributed by atoms with Gasteiger partial charge < -0.3 is 20.5 Å². The summed E-state index contributed by atoms with van der Waals surface area (Å²) in [5.74, 6) is 0.381. The second-order valence-electron chi connectivity index (χ2n) is 7.77. The standard InChI is InChI=1S/C20H27N3O4/c21-19(25)15-6-2-5-11-23(15)13-18(24)22-14-7-8-16-17(12-14)27-20(26-16)9-3-1-4-10-20/h7-8,12,15H,1-6,9-11,13H2,(H2,21,25)(H,22,24). The largest absolute Gasteiger partial charge is 0.448 e. The Morgan fingerprint density at radius 3 is 2.67 bits per heavy atom. The van der Waals surface area contributed by atoms with Crippen LogP contribution in [-0.2, 0) is 9.59 Å². The molecule has 2 fully saturated rings. The number of anilines is 1. The van der Waals surface area contributed by atoms with Crippen LogP contribution >= 0.6 is 0 Å². The molecule has 0 bridgehead atoms. The third-order valence-electron chi connectivity index (χ3n) is 5.72. The molecule has 2 heterocycles. The maximum atomic E-state index is 12.5. The van der Waals surface area contributed by atoms with Gasteiger partial charge in [0, 0.05) is 24.6 Å². The molecular weight excluding hydrogens is 346 g/mol. The lowest BCUT2D eigenvalue weighted by molar-refractivity contribution is -0.126. The van der Waals surface area contributed by atoms with E-state index in [1.807, 2.05) is 23.1 Å². The molecule has 7 heteroatoms. The summed E-state index contributed by atoms with van der Waals surface area (Å²) in [5.41, 5.74) is 6.14. The number of carbonyl (C=O) groups excluding carboxylic acids is 2. The Bertz CT molecular complexity index is 730. The molecule has 1 spiro atoms. The quantitative estimate of drug-likeness (QED) is 0.845. The summed E-state index contributed by atoms with van der Waals surface area (Å²) in [4.78, 5) is 25.9. The van der Waals surface area contributed by atoms with E-state index in [1.165, 1.54) is 6.42 Å². The Hall–Kier alpha value is -2.28. The van der Waals surface area contributed by atoms with Crippen molar-refractivity contribution in [1.82, 2.24) is 4.90 Å². The smallest absolute Gasteiger partial charge is 0.251 e. The van der Waals surface area contributed by atoms with Gasteiger partial charge in [-0.25, -0.2) is 0 Å². The van der Waals surface area contributed by atoms with Crippen LogP contribution < -0.4 is 20.5 Å². The molecular formula is C20H27N3O4. The molecule has 4 rings (SSSR count). The zero-order valence-corrected chi connectivity index (χ0v) is 15.5. The van der Waals surface area contributed by atoms with Gasteiger partial charge in [-0.3, -0.25) is 14.5 Å². The molecule has 1 unspecified atom stereocenters. The molecule has 7 nitrogen and oxygen atoms in total. The second-order valence-corrected chi connectivity index (χ2v) is 7.77. The topological polar surface area (TPSA) is 93.9 Å². The minimum atomic E-state index is -0.522. The Balaban J connectivity index is 1.38. The molecule has 1 saturated carbocycles. The van der Waals surface area contributed by atoms with E-state index in [1.54, 1.807) is 0 Å². The van der Waals surface area contributed by atoms with Crippen LogP contribution in [0.3, 0.4) is 0 Å². The number of amides is 2. The molecule has 1 atom stereocenters. The van der Waals surface area contributed by atoms with Crippen molar-refractivity contribution in [3.8, 4) is 11.5 Å². The number of fused-ring (bicyclic) bond motifs is 1. The number of likely N-dealkylation sites (tertiary alicyclic amines) is 1. The number of nitrogens with zero attached hydrogens (tertiary/aromatic N) is 1. The number of piperidine rings is 1. The SMILES string of the molecule is NC(=O)C1CCCCN1CC(=O)Nc1ccc2c(c1)OC1(CCCCC1)O2. The van der Waals surface area contributed by atoms with Gasteiger partial charge in [0.2, 0.25) is 11.8 Å². The molecule has 146 valence electrons. The fourth-order valence-electron chi connectivity index (χ4n) is 4.35. The minimum absolute atomic E-state index is 0.158. The number of primary amides is 1. The summed E-state index contributed by atoms with van der Waals surface area (Å²) in [6.07, 6.45) is 7.88. The van der Waals surface area contributed by atoms with E-state index in [4.69, 9.17) is 15.2 Å². The monoisotopic (exact) mass is 373 g/mol. The highest BCUT2D eigenvalue weighted by Gasteiger charge is 2.42. The first-order chi connectivity index (χ1) is 13.0. The van der Waals surface area contributed by atoms with E-state index in [-0.39, 0.29) is 24.4 Å². The average Bonchev–Trinajstić information content (AvgIpc) is 2.99. The molecule has 3 aliphatic rings. The van der Waals surface area contributed by atoms with Crippen LogP contribution in [0.25, 0.3) is 0 Å². The van der Waals surface area contributed by atoms with Crippen molar-refractivity contribution in [3.05, 3.63) is 18.2 Å². The van der Waals surface area contributed by atoms with E-state index >= 15 is 0 Å². The lowest BCUT2D eigenvalue weighted by Crippen LogP contribution is -2.50. The van der Waals surface area contributed by atoms with E-state index < -0.39 is 5.79 Å². The summed E-state index contributed by atoms with van der Waals surface area (Å²) in [5, 5.41) is 2.90. The van der Waals surface area contributed by atoms with Gasteiger partial charge in [-0.1, -0.05) is 12.8 Å². The van der Waals surface area contributed by atoms with E-state index in [0.29, 0.717) is 24.4 Å². The fraction of sp³-hybridized carbons (Fsp3) is 0.600. The van der Waals surface area contributed by atoms with Gasteiger partial charge in [0.25, 0.3) is 5.79 Å². The number of rotatable bonds is 4. The number of benzene rings is 1. The number of nitrogens with two attached hydrogens (primary N) is 1. The van der Waals surface area contributed by atoms with Gasteiger partial charge >= 0.3 is 0 Å². The molecule has 27 heavy (non-hydrogen) atoms. The molecule has 1 aliphatic carbocycles. The number of hydrogen-bond donors (Lipinski definition) is 2. The first-order valence-electron chi connectivity index (χ1n) is 9.90. The predicted octanol–water partition coefficient (Wildman–Crippen LogP) is 2.40. The molecule has 1 aromatic rings. The molecule has 2 amide bonds. The van der Waals surface area contributed by atoms with Crippen LogP contribution in [-0.4, -0.2) is 41.6 Å². The van der Waals surface area contributed by atoms with Crippen molar-refractivity contribution < 1.29 is 19.1 Å². The van der Waals surface area contributed by atoms with Gasteiger partial charge in [-0.15, -0.1) is 0 Å². The fourth-order valence-corrected chi connectivity index (χ4v) is 4.35. The zero-order chi connectivity index (χ0) is 18.9. The zero-order valence-electron chi connectivity index (χ0n) is 15.5. The Kier molecular flexibility index (Phi) is 4.95. The van der Waals surface area contributed by atoms with Crippen molar-refractivity contribution in [2.75, 3.05) is 18.4 Å². The molecule has 0 aromatic heterocycles. The lowest BCUT2D eigenvalue weighted by atomic mass is 9.94. The molecule has 2 aliphatic heterocycles. The van der Waals surface area contributed by atoms with Crippen LogP contribution in [0.2, 0.25) is 0 Å². The van der Waals surface area contributed by atoms with Gasteiger partial charge in [0.1, 0.15) is 0 Å². The lowest BCUT2D eigenvalue weighted by Gasteiger charge is -2.32. The Morgan fingerprint density at radius 1 is 1.11 bits per heavy atom. The van der Waals surface area contributed by atoms with Crippen LogP contribution in [0.5, 0.6) is 11.5 Å². The Labute approximate surface area is 159 Å². The molecule has 1 aromatic carbocycles. The van der Waals surface area contributed by atoms with E-state index in [0.717, 1.165) is 44.3 Å². The van der Waals surface area contributed by atoms with Crippen molar-refractivity contribution in [1.29, 1.82) is 0 Å². The summed E-state index contributed by atoms with van der Waals surface area (Å²) >= 11 is 0. The number of hydrogen-bond acceptors (Lipinski definition) is 5. The first kappa shape index (κ1) is 18.1. The van der Waals surface area contributed by atoms with Gasteiger partial charge in [-0.05, 0) is 44.4 Å². The summed E-state index contributed by atoms with van der Waals surface area (Å²) in [7, 11) is 0. The average molecular weight is 373 g/mol. The van der Waals surface area contributed by atoms with Crippen LogP contribution in [0.4, 0.5) is 5.69 Å². The Morgan fingerprint density at radius 2 is 1.89 bits per heavy atom. The van der Waals surface area contributed by atoms with Gasteiger partial charge in [0.05, 0.1) is 12.6 Å². The minimum Gasteiger partial charge on any atom is -0.448 e. The first-order valence-corrected chi connectivity index (χ1v) is 9.90. The number of nitrogens with one attached hydrogen (secondary N) is 1. The predicted molar refractivity (Wildman–Crippen MR) is 101 cm³/mol. The maximum absolute atomic E-state index is 12.5. The molecule has 1 saturated heterocycles. The van der Waals surface area contributed by atoms with E-state index in [2.05, 4.69) is 5.32 Å². The van der Waals surface area contributed by atoms with Gasteiger partial charge in [-0.2, -0.15) is 0 Å². The van der Waals surface area contributed by atoms with E-state index in [9.17, 15) is 9.59 Å². The number of carbonyl (C=O) groups is 2. The molecule has 0 radical (unpaired) electrons. The molecule has 3 N–H and O–H groups in total.